The first-order valence-electron chi connectivity index (χ1n) is 8.65. The molecule has 6 heteroatoms. The van der Waals surface area contributed by atoms with E-state index in [4.69, 9.17) is 0 Å². The Balaban J connectivity index is 1.63. The van der Waals surface area contributed by atoms with Gasteiger partial charge in [0.2, 0.25) is 11.8 Å². The summed E-state index contributed by atoms with van der Waals surface area (Å²) in [7, 11) is 0. The van der Waals surface area contributed by atoms with E-state index in [1.54, 1.807) is 6.92 Å². The van der Waals surface area contributed by atoms with Crippen molar-refractivity contribution in [3.8, 4) is 0 Å². The van der Waals surface area contributed by atoms with Gasteiger partial charge in [-0.2, -0.15) is 0 Å². The second-order valence-electron chi connectivity index (χ2n) is 6.85. The predicted molar refractivity (Wildman–Crippen MR) is 92.0 cm³/mol. The van der Waals surface area contributed by atoms with E-state index >= 15 is 0 Å². The van der Waals surface area contributed by atoms with Gasteiger partial charge in [0.1, 0.15) is 6.04 Å². The summed E-state index contributed by atoms with van der Waals surface area (Å²) in [6.45, 7) is 4.65. The molecule has 2 aliphatic rings. The van der Waals surface area contributed by atoms with E-state index in [1.165, 1.54) is 12.5 Å². The van der Waals surface area contributed by atoms with Crippen LogP contribution in [0.3, 0.4) is 0 Å². The molecule has 3 rings (SSSR count). The summed E-state index contributed by atoms with van der Waals surface area (Å²) in [6.07, 6.45) is 1.87. The Kier molecular flexibility index (Phi) is 5.16. The second-order valence-corrected chi connectivity index (χ2v) is 6.85. The molecule has 4 atom stereocenters. The fourth-order valence-corrected chi connectivity index (χ4v) is 3.80. The molecule has 2 saturated heterocycles. The fraction of sp³-hybridized carbons (Fsp3) is 0.556. The Morgan fingerprint density at radius 2 is 2.04 bits per heavy atom. The minimum absolute atomic E-state index is 0.00834. The molecule has 6 nitrogen and oxygen atoms in total. The number of carbonyl (C=O) groups excluding carboxylic acids is 2. The summed E-state index contributed by atoms with van der Waals surface area (Å²) >= 11 is 0. The van der Waals surface area contributed by atoms with Crippen molar-refractivity contribution in [1.82, 2.24) is 21.1 Å². The molecule has 2 aliphatic heterocycles. The number of nitrogens with one attached hydrogen (secondary N) is 3. The topological polar surface area (TPSA) is 73.5 Å². The minimum atomic E-state index is -0.464. The normalized spacial score (nSPS) is 27.4. The summed E-state index contributed by atoms with van der Waals surface area (Å²) in [5.74, 6) is 0.221. The lowest BCUT2D eigenvalue weighted by atomic mass is 9.85. The summed E-state index contributed by atoms with van der Waals surface area (Å²) < 4.78 is 0. The molecule has 1 aromatic rings. The van der Waals surface area contributed by atoms with Gasteiger partial charge < -0.3 is 10.2 Å². The number of hydrazine groups is 1. The summed E-state index contributed by atoms with van der Waals surface area (Å²) in [5, 5.41) is 2.69. The molecule has 0 bridgehead atoms. The van der Waals surface area contributed by atoms with Crippen LogP contribution in [0.4, 0.5) is 0 Å². The average molecular weight is 330 g/mol. The fourth-order valence-electron chi connectivity index (χ4n) is 3.80. The maximum absolute atomic E-state index is 12.6. The van der Waals surface area contributed by atoms with Crippen LogP contribution in [0.5, 0.6) is 0 Å². The lowest BCUT2D eigenvalue weighted by molar-refractivity contribution is -0.137. The van der Waals surface area contributed by atoms with Crippen LogP contribution < -0.4 is 16.2 Å². The molecular formula is C18H26N4O2. The van der Waals surface area contributed by atoms with Crippen molar-refractivity contribution >= 4 is 11.8 Å². The Labute approximate surface area is 143 Å². The first-order valence-corrected chi connectivity index (χ1v) is 8.65. The zero-order valence-electron chi connectivity index (χ0n) is 14.3. The molecule has 0 aromatic heterocycles. The predicted octanol–water partition coefficient (Wildman–Crippen LogP) is 0.447. The molecule has 2 fully saturated rings. The number of nitrogens with zero attached hydrogens (tertiary/aromatic N) is 1. The van der Waals surface area contributed by atoms with E-state index in [2.05, 4.69) is 40.4 Å². The molecule has 2 heterocycles. The maximum Gasteiger partial charge on any atom is 0.244 e. The Hall–Kier alpha value is -1.92. The summed E-state index contributed by atoms with van der Waals surface area (Å²) in [6, 6.07) is 10.7. The quantitative estimate of drug-likeness (QED) is 0.749. The van der Waals surface area contributed by atoms with Crippen LogP contribution in [0.15, 0.2) is 30.3 Å². The van der Waals surface area contributed by atoms with E-state index < -0.39 is 6.04 Å². The van der Waals surface area contributed by atoms with Gasteiger partial charge in [-0.25, -0.2) is 0 Å². The molecule has 3 N–H and O–H groups in total. The van der Waals surface area contributed by atoms with Gasteiger partial charge in [-0.05, 0) is 25.3 Å². The highest BCUT2D eigenvalue weighted by Crippen LogP contribution is 2.26. The van der Waals surface area contributed by atoms with E-state index in [1.807, 2.05) is 11.0 Å². The average Bonchev–Trinajstić information content (AvgIpc) is 2.96. The van der Waals surface area contributed by atoms with Gasteiger partial charge in [-0.1, -0.05) is 30.3 Å². The molecule has 0 aliphatic carbocycles. The molecule has 0 spiro atoms. The Bertz CT molecular complexity index is 592. The molecule has 0 saturated carbocycles. The number of rotatable bonds is 4. The molecule has 24 heavy (non-hydrogen) atoms. The number of piperidine rings is 1. The molecule has 3 unspecified atom stereocenters. The molecule has 130 valence electrons. The number of hydrogen-bond acceptors (Lipinski definition) is 4. The number of carbonyl (C=O) groups is 2. The van der Waals surface area contributed by atoms with Gasteiger partial charge in [0.15, 0.2) is 0 Å². The zero-order valence-corrected chi connectivity index (χ0v) is 14.3. The van der Waals surface area contributed by atoms with Crippen molar-refractivity contribution in [1.29, 1.82) is 0 Å². The van der Waals surface area contributed by atoms with Gasteiger partial charge in [-0.3, -0.25) is 20.4 Å². The monoisotopic (exact) mass is 330 g/mol. The van der Waals surface area contributed by atoms with Gasteiger partial charge >= 0.3 is 0 Å². The van der Waals surface area contributed by atoms with Crippen LogP contribution in [-0.4, -0.2) is 47.9 Å². The first-order chi connectivity index (χ1) is 11.5. The van der Waals surface area contributed by atoms with Crippen LogP contribution >= 0.6 is 0 Å². The van der Waals surface area contributed by atoms with Crippen molar-refractivity contribution < 1.29 is 9.59 Å². The number of benzene rings is 1. The van der Waals surface area contributed by atoms with E-state index in [0.717, 1.165) is 25.9 Å². The number of likely N-dealkylation sites (tertiary alicyclic amines) is 1. The van der Waals surface area contributed by atoms with Crippen molar-refractivity contribution in [2.75, 3.05) is 13.1 Å². The third-order valence-corrected chi connectivity index (χ3v) is 5.03. The number of amides is 2. The minimum Gasteiger partial charge on any atom is -0.345 e. The zero-order chi connectivity index (χ0) is 17.1. The summed E-state index contributed by atoms with van der Waals surface area (Å²) in [4.78, 5) is 25.6. The Morgan fingerprint density at radius 3 is 2.75 bits per heavy atom. The smallest absolute Gasteiger partial charge is 0.244 e. The number of fused-ring (bicyclic) bond motifs is 1. The number of hydrogen-bond donors (Lipinski definition) is 3. The highest BCUT2D eigenvalue weighted by Gasteiger charge is 2.41. The molecule has 2 amide bonds. The largest absolute Gasteiger partial charge is 0.345 e. The molecule has 1 aromatic carbocycles. The van der Waals surface area contributed by atoms with Crippen LogP contribution in [0, 0.1) is 5.92 Å². The van der Waals surface area contributed by atoms with Crippen LogP contribution in [0.25, 0.3) is 0 Å². The van der Waals surface area contributed by atoms with Crippen molar-refractivity contribution in [3.63, 3.8) is 0 Å². The highest BCUT2D eigenvalue weighted by atomic mass is 16.2. The van der Waals surface area contributed by atoms with E-state index in [-0.39, 0.29) is 11.8 Å². The van der Waals surface area contributed by atoms with E-state index in [0.29, 0.717) is 18.0 Å². The second kappa shape index (κ2) is 7.32. The Morgan fingerprint density at radius 1 is 1.29 bits per heavy atom. The van der Waals surface area contributed by atoms with Crippen molar-refractivity contribution in [2.24, 2.45) is 5.92 Å². The van der Waals surface area contributed by atoms with Crippen molar-refractivity contribution in [2.45, 2.75) is 44.8 Å². The third-order valence-electron chi connectivity index (χ3n) is 5.03. The third kappa shape index (κ3) is 3.76. The lowest BCUT2D eigenvalue weighted by Gasteiger charge is -2.37. The van der Waals surface area contributed by atoms with Gasteiger partial charge in [0, 0.05) is 38.0 Å². The van der Waals surface area contributed by atoms with Crippen LogP contribution in [0.1, 0.15) is 25.8 Å². The molecule has 0 radical (unpaired) electrons. The van der Waals surface area contributed by atoms with Gasteiger partial charge in [-0.15, -0.1) is 0 Å². The van der Waals surface area contributed by atoms with E-state index in [9.17, 15) is 9.59 Å². The van der Waals surface area contributed by atoms with Crippen molar-refractivity contribution in [3.05, 3.63) is 35.9 Å². The standard InChI is InChI=1S/C18H26N4O2/c1-12(19-13(2)23)18(24)22-9-8-16-15(11-22)17(21-20-16)10-14-6-4-3-5-7-14/h3-7,12,15-17,20-21H,8-11H2,1-2H3,(H,19,23)/t12-,15?,16?,17?/m0/s1. The molecular weight excluding hydrogens is 304 g/mol. The van der Waals surface area contributed by atoms with Crippen LogP contribution in [0.2, 0.25) is 0 Å². The van der Waals surface area contributed by atoms with Crippen LogP contribution in [-0.2, 0) is 16.0 Å². The highest BCUT2D eigenvalue weighted by molar-refractivity contribution is 5.86. The maximum atomic E-state index is 12.6. The van der Waals surface area contributed by atoms with Gasteiger partial charge in [0.25, 0.3) is 0 Å². The SMILES string of the molecule is CC(=O)N[C@@H](C)C(=O)N1CCC2NNC(Cc3ccccc3)C2C1. The first kappa shape index (κ1) is 16.9. The lowest BCUT2D eigenvalue weighted by Crippen LogP contribution is -2.53. The summed E-state index contributed by atoms with van der Waals surface area (Å²) in [5.41, 5.74) is 8.10. The van der Waals surface area contributed by atoms with Gasteiger partial charge in [0.05, 0.1) is 0 Å².